The van der Waals surface area contributed by atoms with Crippen molar-refractivity contribution in [1.29, 1.82) is 0 Å². The zero-order valence-corrected chi connectivity index (χ0v) is 70.5. The number of ether oxygens (including phenoxy) is 4. The second-order valence-electron chi connectivity index (χ2n) is 30.9. The average Bonchev–Trinajstić information content (AvgIpc) is 0.904. The van der Waals surface area contributed by atoms with Crippen molar-refractivity contribution >= 4 is 39.5 Å². The lowest BCUT2D eigenvalue weighted by molar-refractivity contribution is -0.161. The Balaban J connectivity index is 5.18. The molecule has 0 fully saturated rings. The van der Waals surface area contributed by atoms with E-state index in [1.807, 2.05) is 0 Å². The lowest BCUT2D eigenvalue weighted by atomic mass is 10.0. The van der Waals surface area contributed by atoms with Gasteiger partial charge in [-0.25, -0.2) is 9.13 Å². The van der Waals surface area contributed by atoms with Crippen LogP contribution >= 0.6 is 15.6 Å². The van der Waals surface area contributed by atoms with E-state index in [0.29, 0.717) is 25.7 Å². The summed E-state index contributed by atoms with van der Waals surface area (Å²) in [5, 5.41) is 10.7. The number of phosphoric ester groups is 2. The maximum atomic E-state index is 13.1. The van der Waals surface area contributed by atoms with E-state index < -0.39 is 97.5 Å². The molecule has 0 saturated heterocycles. The molecular weight excluding hydrogens is 1370 g/mol. The minimum absolute atomic E-state index is 0.109. The van der Waals surface area contributed by atoms with Crippen molar-refractivity contribution in [3.05, 3.63) is 0 Å². The third-order valence-electron chi connectivity index (χ3n) is 20.4. The van der Waals surface area contributed by atoms with Gasteiger partial charge in [0.2, 0.25) is 0 Å². The Morgan fingerprint density at radius 3 is 0.562 bits per heavy atom. The smallest absolute Gasteiger partial charge is 0.462 e. The monoisotopic (exact) mass is 1540 g/mol. The molecule has 0 rings (SSSR count). The summed E-state index contributed by atoms with van der Waals surface area (Å²) in [6.45, 7) is 5.03. The second kappa shape index (κ2) is 80.1. The summed E-state index contributed by atoms with van der Waals surface area (Å²) in [4.78, 5) is 73.1. The molecule has 0 spiro atoms. The van der Waals surface area contributed by atoms with Crippen molar-refractivity contribution in [3.63, 3.8) is 0 Å². The van der Waals surface area contributed by atoms with E-state index in [1.165, 1.54) is 302 Å². The zero-order chi connectivity index (χ0) is 76.7. The maximum absolute atomic E-state index is 13.1. The number of aliphatic hydroxyl groups is 1. The normalized spacial score (nSPS) is 13.7. The third-order valence-corrected chi connectivity index (χ3v) is 22.3. The van der Waals surface area contributed by atoms with E-state index in [2.05, 4.69) is 27.7 Å². The molecule has 0 saturated carbocycles. The van der Waals surface area contributed by atoms with Crippen LogP contribution < -0.4 is 0 Å². The van der Waals surface area contributed by atoms with Gasteiger partial charge in [-0.1, -0.05) is 419 Å². The summed E-state index contributed by atoms with van der Waals surface area (Å²) >= 11 is 0. The highest BCUT2D eigenvalue weighted by molar-refractivity contribution is 7.47. The van der Waals surface area contributed by atoms with Crippen molar-refractivity contribution in [3.8, 4) is 0 Å². The minimum Gasteiger partial charge on any atom is -0.462 e. The summed E-state index contributed by atoms with van der Waals surface area (Å²) in [6.07, 6.45) is 75.2. The van der Waals surface area contributed by atoms with Crippen molar-refractivity contribution in [1.82, 2.24) is 0 Å². The van der Waals surface area contributed by atoms with Crippen LogP contribution in [-0.4, -0.2) is 96.7 Å². The van der Waals surface area contributed by atoms with Gasteiger partial charge in [0.25, 0.3) is 0 Å². The van der Waals surface area contributed by atoms with Crippen molar-refractivity contribution in [2.24, 2.45) is 0 Å². The lowest BCUT2D eigenvalue weighted by Crippen LogP contribution is -2.30. The molecule has 0 aliphatic heterocycles. The molecule has 0 radical (unpaired) electrons. The van der Waals surface area contributed by atoms with Gasteiger partial charge in [0.1, 0.15) is 19.3 Å². The molecule has 0 aromatic heterocycles. The molecule has 0 aromatic carbocycles. The molecule has 3 N–H and O–H groups in total. The first-order valence-corrected chi connectivity index (χ1v) is 47.8. The number of rotatable bonds is 87. The Morgan fingerprint density at radius 2 is 0.381 bits per heavy atom. The molecule has 0 aliphatic carbocycles. The first-order chi connectivity index (χ1) is 51.2. The number of esters is 4. The number of hydrogen-bond donors (Lipinski definition) is 3. The Bertz CT molecular complexity index is 1980. The first-order valence-electron chi connectivity index (χ1n) is 44.8. The molecule has 17 nitrogen and oxygen atoms in total. The Morgan fingerprint density at radius 1 is 0.229 bits per heavy atom. The van der Waals surface area contributed by atoms with E-state index in [4.69, 9.17) is 37.0 Å². The van der Waals surface area contributed by atoms with Crippen LogP contribution in [0, 0.1) is 0 Å². The van der Waals surface area contributed by atoms with Crippen LogP contribution in [-0.2, 0) is 65.4 Å². The Labute approximate surface area is 645 Å². The van der Waals surface area contributed by atoms with Crippen LogP contribution in [0.4, 0.5) is 0 Å². The summed E-state index contributed by atoms with van der Waals surface area (Å²) in [7, 11) is -9.92. The van der Waals surface area contributed by atoms with Crippen LogP contribution in [0.25, 0.3) is 0 Å². The van der Waals surface area contributed by atoms with Gasteiger partial charge in [0.15, 0.2) is 12.2 Å². The first kappa shape index (κ1) is 103. The van der Waals surface area contributed by atoms with E-state index in [9.17, 15) is 43.2 Å². The molecule has 105 heavy (non-hydrogen) atoms. The van der Waals surface area contributed by atoms with Gasteiger partial charge < -0.3 is 33.8 Å². The molecule has 0 heterocycles. The van der Waals surface area contributed by atoms with Gasteiger partial charge in [0.05, 0.1) is 26.4 Å². The van der Waals surface area contributed by atoms with Crippen LogP contribution in [0.2, 0.25) is 0 Å². The average molecular weight is 1540 g/mol. The molecule has 624 valence electrons. The van der Waals surface area contributed by atoms with Crippen molar-refractivity contribution < 1.29 is 80.2 Å². The molecule has 0 aliphatic rings. The maximum Gasteiger partial charge on any atom is 0.472 e. The molecule has 0 bridgehead atoms. The molecule has 5 atom stereocenters. The van der Waals surface area contributed by atoms with Gasteiger partial charge in [0, 0.05) is 25.7 Å². The Hall–Kier alpha value is -1.94. The van der Waals surface area contributed by atoms with E-state index >= 15 is 0 Å². The molecule has 0 amide bonds. The molecule has 2 unspecified atom stereocenters. The highest BCUT2D eigenvalue weighted by Gasteiger charge is 2.30. The van der Waals surface area contributed by atoms with Crippen LogP contribution in [0.15, 0.2) is 0 Å². The number of carbonyl (C=O) groups is 4. The number of carbonyl (C=O) groups excluding carboxylic acids is 4. The third kappa shape index (κ3) is 79.9. The van der Waals surface area contributed by atoms with E-state index in [1.54, 1.807) is 0 Å². The lowest BCUT2D eigenvalue weighted by Gasteiger charge is -2.21. The molecule has 0 aromatic rings. The van der Waals surface area contributed by atoms with E-state index in [0.717, 1.165) is 89.9 Å². The predicted octanol–water partition coefficient (Wildman–Crippen LogP) is 26.5. The predicted molar refractivity (Wildman–Crippen MR) is 432 cm³/mol. The fourth-order valence-electron chi connectivity index (χ4n) is 13.5. The van der Waals surface area contributed by atoms with Crippen molar-refractivity contribution in [2.75, 3.05) is 39.6 Å². The molecular formula is C86H168O17P2. The second-order valence-corrected chi connectivity index (χ2v) is 33.8. The quantitative estimate of drug-likeness (QED) is 0.0222. The van der Waals surface area contributed by atoms with E-state index in [-0.39, 0.29) is 25.7 Å². The van der Waals surface area contributed by atoms with Gasteiger partial charge in [-0.2, -0.15) is 0 Å². The summed E-state index contributed by atoms with van der Waals surface area (Å²) in [6, 6.07) is 0. The fourth-order valence-corrected chi connectivity index (χ4v) is 15.1. The van der Waals surface area contributed by atoms with Gasteiger partial charge >= 0.3 is 39.5 Å². The summed E-state index contributed by atoms with van der Waals surface area (Å²) in [5.41, 5.74) is 0. The van der Waals surface area contributed by atoms with Crippen LogP contribution in [0.1, 0.15) is 471 Å². The van der Waals surface area contributed by atoms with Crippen LogP contribution in [0.5, 0.6) is 0 Å². The Kier molecular flexibility index (Phi) is 78.6. The SMILES string of the molecule is CCCCCCCCCCCCCCCCCCCCCCCC(=O)O[C@H](COC(=O)CCCCCCCCCCCCCCCCCCCC)COP(=O)(O)OC[C@@H](O)COP(=O)(O)OC[C@@H](COC(=O)CCCCCCCCCC)OC(=O)CCCCCCCCCCCCCCCCCCCC. The summed E-state index contributed by atoms with van der Waals surface area (Å²) < 4.78 is 68.8. The number of unbranched alkanes of at least 4 members (excludes halogenated alkanes) is 61. The van der Waals surface area contributed by atoms with Gasteiger partial charge in [-0.15, -0.1) is 0 Å². The highest BCUT2D eigenvalue weighted by atomic mass is 31.2. The standard InChI is InChI=1S/C86H168O17P2/c1-5-9-13-17-21-25-28-31-34-37-40-41-42-45-48-51-54-57-61-65-69-73-86(91)103-82(77-97-84(89)71-67-63-59-55-52-49-46-43-38-35-32-29-26-22-18-14-10-6-2)79-101-105(94,95)99-75-80(87)74-98-104(92,93)100-78-81(76-96-83(88)70-66-62-58-24-20-16-12-8-4)102-85(90)72-68-64-60-56-53-50-47-44-39-36-33-30-27-23-19-15-11-7-3/h80-82,87H,5-79H2,1-4H3,(H,92,93)(H,94,95)/t80-,81+,82+/m0/s1. The number of aliphatic hydroxyl groups excluding tert-OH is 1. The highest BCUT2D eigenvalue weighted by Crippen LogP contribution is 2.45. The topological polar surface area (TPSA) is 237 Å². The summed E-state index contributed by atoms with van der Waals surface area (Å²) in [5.74, 6) is -2.10. The zero-order valence-electron chi connectivity index (χ0n) is 68.7. The largest absolute Gasteiger partial charge is 0.472 e. The van der Waals surface area contributed by atoms with Crippen LogP contribution in [0.3, 0.4) is 0 Å². The number of phosphoric acid groups is 2. The minimum atomic E-state index is -4.96. The molecule has 19 heteroatoms. The van der Waals surface area contributed by atoms with Gasteiger partial charge in [-0.3, -0.25) is 37.3 Å². The fraction of sp³-hybridized carbons (Fsp3) is 0.953. The number of hydrogen-bond acceptors (Lipinski definition) is 15. The van der Waals surface area contributed by atoms with Crippen molar-refractivity contribution in [2.45, 2.75) is 489 Å². The van der Waals surface area contributed by atoms with Gasteiger partial charge in [-0.05, 0) is 25.7 Å².